The zero-order chi connectivity index (χ0) is 12.0. The van der Waals surface area contributed by atoms with Crippen LogP contribution in [-0.4, -0.2) is 12.5 Å². The second-order valence-electron chi connectivity index (χ2n) is 4.01. The minimum atomic E-state index is -0.383. The van der Waals surface area contributed by atoms with Crippen LogP contribution in [0.3, 0.4) is 0 Å². The molecule has 0 fully saturated rings. The average molecular weight is 220 g/mol. The maximum atomic E-state index is 11.0. The second kappa shape index (κ2) is 6.16. The first-order valence-corrected chi connectivity index (χ1v) is 5.81. The Hall–Kier alpha value is -1.51. The fourth-order valence-corrected chi connectivity index (χ4v) is 1.62. The van der Waals surface area contributed by atoms with Gasteiger partial charge in [0.2, 0.25) is 5.91 Å². The van der Waals surface area contributed by atoms with E-state index in [1.807, 2.05) is 12.1 Å². The van der Waals surface area contributed by atoms with Crippen molar-refractivity contribution in [3.8, 4) is 0 Å². The molecule has 0 saturated carbocycles. The zero-order valence-corrected chi connectivity index (χ0v) is 9.99. The van der Waals surface area contributed by atoms with Gasteiger partial charge in [-0.3, -0.25) is 4.79 Å². The van der Waals surface area contributed by atoms with Gasteiger partial charge in [0.15, 0.2) is 0 Å². The van der Waals surface area contributed by atoms with Gasteiger partial charge in [0.05, 0.1) is 0 Å². The van der Waals surface area contributed by atoms with E-state index in [-0.39, 0.29) is 5.91 Å². The molecule has 0 saturated heterocycles. The van der Waals surface area contributed by atoms with Crippen molar-refractivity contribution in [2.45, 2.75) is 26.7 Å². The standard InChI is InChI=1S/C13H20N2O/c1-3-10(4-2)9-15-12-7-5-6-11(8-12)13(14)16/h5-8,10,15H,3-4,9H2,1-2H3,(H2,14,16). The van der Waals surface area contributed by atoms with Crippen LogP contribution in [0.25, 0.3) is 0 Å². The summed E-state index contributed by atoms with van der Waals surface area (Å²) in [5, 5.41) is 3.33. The van der Waals surface area contributed by atoms with Gasteiger partial charge in [-0.15, -0.1) is 0 Å². The van der Waals surface area contributed by atoms with Crippen LogP contribution in [0.15, 0.2) is 24.3 Å². The third-order valence-corrected chi connectivity index (χ3v) is 2.90. The van der Waals surface area contributed by atoms with Crippen LogP contribution < -0.4 is 11.1 Å². The molecule has 0 aromatic heterocycles. The lowest BCUT2D eigenvalue weighted by atomic mass is 10.0. The maximum Gasteiger partial charge on any atom is 0.248 e. The second-order valence-corrected chi connectivity index (χ2v) is 4.01. The number of hydrogen-bond acceptors (Lipinski definition) is 2. The number of rotatable bonds is 6. The van der Waals surface area contributed by atoms with Gasteiger partial charge >= 0.3 is 0 Å². The van der Waals surface area contributed by atoms with E-state index in [0.29, 0.717) is 11.5 Å². The van der Waals surface area contributed by atoms with Gasteiger partial charge in [0, 0.05) is 17.8 Å². The Balaban J connectivity index is 2.60. The minimum Gasteiger partial charge on any atom is -0.385 e. The summed E-state index contributed by atoms with van der Waals surface area (Å²) in [6.45, 7) is 5.32. The van der Waals surface area contributed by atoms with Crippen LogP contribution in [0, 0.1) is 5.92 Å². The smallest absolute Gasteiger partial charge is 0.248 e. The monoisotopic (exact) mass is 220 g/mol. The van der Waals surface area contributed by atoms with Gasteiger partial charge in [-0.25, -0.2) is 0 Å². The van der Waals surface area contributed by atoms with Gasteiger partial charge in [0.1, 0.15) is 0 Å². The number of amides is 1. The zero-order valence-electron chi connectivity index (χ0n) is 9.99. The van der Waals surface area contributed by atoms with E-state index in [1.165, 1.54) is 12.8 Å². The molecular formula is C13H20N2O. The summed E-state index contributed by atoms with van der Waals surface area (Å²) in [6.07, 6.45) is 2.33. The molecule has 0 aliphatic heterocycles. The third-order valence-electron chi connectivity index (χ3n) is 2.90. The fraction of sp³-hybridized carbons (Fsp3) is 0.462. The van der Waals surface area contributed by atoms with Crippen molar-refractivity contribution in [2.24, 2.45) is 11.7 Å². The Labute approximate surface area is 97.0 Å². The van der Waals surface area contributed by atoms with E-state index >= 15 is 0 Å². The first-order chi connectivity index (χ1) is 7.67. The van der Waals surface area contributed by atoms with Crippen molar-refractivity contribution in [3.63, 3.8) is 0 Å². The van der Waals surface area contributed by atoms with Gasteiger partial charge in [-0.2, -0.15) is 0 Å². The number of carbonyl (C=O) groups excluding carboxylic acids is 1. The Morgan fingerprint density at radius 3 is 2.62 bits per heavy atom. The molecule has 0 atom stereocenters. The Bertz CT molecular complexity index is 346. The van der Waals surface area contributed by atoms with E-state index in [0.717, 1.165) is 12.2 Å². The number of nitrogens with one attached hydrogen (secondary N) is 1. The first kappa shape index (κ1) is 12.6. The first-order valence-electron chi connectivity index (χ1n) is 5.81. The largest absolute Gasteiger partial charge is 0.385 e. The van der Waals surface area contributed by atoms with E-state index in [4.69, 9.17) is 5.73 Å². The van der Waals surface area contributed by atoms with Gasteiger partial charge < -0.3 is 11.1 Å². The van der Waals surface area contributed by atoms with Crippen LogP contribution >= 0.6 is 0 Å². The van der Waals surface area contributed by atoms with E-state index < -0.39 is 0 Å². The number of primary amides is 1. The Morgan fingerprint density at radius 2 is 2.06 bits per heavy atom. The highest BCUT2D eigenvalue weighted by Gasteiger charge is 2.04. The summed E-state index contributed by atoms with van der Waals surface area (Å²) >= 11 is 0. The van der Waals surface area contributed by atoms with Crippen LogP contribution in [0.2, 0.25) is 0 Å². The SMILES string of the molecule is CCC(CC)CNc1cccc(C(N)=O)c1. The Kier molecular flexibility index (Phi) is 4.83. The van der Waals surface area contributed by atoms with Gasteiger partial charge in [0.25, 0.3) is 0 Å². The molecule has 0 spiro atoms. The van der Waals surface area contributed by atoms with Crippen molar-refractivity contribution in [1.82, 2.24) is 0 Å². The lowest BCUT2D eigenvalue weighted by Crippen LogP contribution is -2.14. The molecule has 1 rings (SSSR count). The van der Waals surface area contributed by atoms with Crippen LogP contribution in [0.5, 0.6) is 0 Å². The number of anilines is 1. The molecule has 16 heavy (non-hydrogen) atoms. The number of benzene rings is 1. The molecule has 3 N–H and O–H groups in total. The third kappa shape index (κ3) is 3.57. The fourth-order valence-electron chi connectivity index (χ4n) is 1.62. The normalized spacial score (nSPS) is 10.4. The molecule has 0 aliphatic carbocycles. The number of nitrogens with two attached hydrogens (primary N) is 1. The molecule has 0 aliphatic rings. The highest BCUT2D eigenvalue weighted by Crippen LogP contribution is 2.13. The molecule has 1 aromatic carbocycles. The summed E-state index contributed by atoms with van der Waals surface area (Å²) in [4.78, 5) is 11.0. The predicted octanol–water partition coefficient (Wildman–Crippen LogP) is 2.63. The van der Waals surface area contributed by atoms with Gasteiger partial charge in [-0.05, 0) is 24.1 Å². The summed E-state index contributed by atoms with van der Waals surface area (Å²) in [5.74, 6) is 0.295. The van der Waals surface area contributed by atoms with Crippen molar-refractivity contribution in [3.05, 3.63) is 29.8 Å². The van der Waals surface area contributed by atoms with Crippen molar-refractivity contribution in [2.75, 3.05) is 11.9 Å². The average Bonchev–Trinajstić information content (AvgIpc) is 2.31. The minimum absolute atomic E-state index is 0.383. The predicted molar refractivity (Wildman–Crippen MR) is 67.5 cm³/mol. The van der Waals surface area contributed by atoms with E-state index in [9.17, 15) is 4.79 Å². The summed E-state index contributed by atoms with van der Waals surface area (Å²) < 4.78 is 0. The molecular weight excluding hydrogens is 200 g/mol. The molecule has 1 amide bonds. The van der Waals surface area contributed by atoms with Crippen molar-refractivity contribution in [1.29, 1.82) is 0 Å². The lowest BCUT2D eigenvalue weighted by molar-refractivity contribution is 0.100. The van der Waals surface area contributed by atoms with Crippen molar-refractivity contribution >= 4 is 11.6 Å². The highest BCUT2D eigenvalue weighted by atomic mass is 16.1. The van der Waals surface area contributed by atoms with Gasteiger partial charge in [-0.1, -0.05) is 32.8 Å². The molecule has 0 bridgehead atoms. The molecule has 0 heterocycles. The molecule has 0 radical (unpaired) electrons. The van der Waals surface area contributed by atoms with E-state index in [2.05, 4.69) is 19.2 Å². The molecule has 0 unspecified atom stereocenters. The molecule has 88 valence electrons. The number of carbonyl (C=O) groups is 1. The van der Waals surface area contributed by atoms with E-state index in [1.54, 1.807) is 12.1 Å². The van der Waals surface area contributed by atoms with Crippen molar-refractivity contribution < 1.29 is 4.79 Å². The summed E-state index contributed by atoms with van der Waals surface area (Å²) in [5.41, 5.74) is 6.74. The van der Waals surface area contributed by atoms with Crippen LogP contribution in [0.4, 0.5) is 5.69 Å². The highest BCUT2D eigenvalue weighted by molar-refractivity contribution is 5.93. The maximum absolute atomic E-state index is 11.0. The molecule has 3 heteroatoms. The lowest BCUT2D eigenvalue weighted by Gasteiger charge is -2.14. The molecule has 1 aromatic rings. The summed E-state index contributed by atoms with van der Waals surface area (Å²) in [6, 6.07) is 7.32. The number of hydrogen-bond donors (Lipinski definition) is 2. The van der Waals surface area contributed by atoms with Crippen LogP contribution in [-0.2, 0) is 0 Å². The topological polar surface area (TPSA) is 55.1 Å². The molecule has 3 nitrogen and oxygen atoms in total. The Morgan fingerprint density at radius 1 is 1.38 bits per heavy atom. The summed E-state index contributed by atoms with van der Waals surface area (Å²) in [7, 11) is 0. The van der Waals surface area contributed by atoms with Crippen LogP contribution in [0.1, 0.15) is 37.0 Å². The quantitative estimate of drug-likeness (QED) is 0.774.